The van der Waals surface area contributed by atoms with Gasteiger partial charge in [-0.05, 0) is 37.5 Å². The van der Waals surface area contributed by atoms with Crippen LogP contribution in [0.1, 0.15) is 71.6 Å². The first-order valence-electron chi connectivity index (χ1n) is 8.51. The van der Waals surface area contributed by atoms with E-state index in [2.05, 4.69) is 24.6 Å². The Hall–Kier alpha value is -0.770. The molecule has 0 saturated heterocycles. The molecule has 2 saturated carbocycles. The molecule has 0 aromatic rings. The van der Waals surface area contributed by atoms with Crippen LogP contribution >= 0.6 is 0 Å². The van der Waals surface area contributed by atoms with Gasteiger partial charge >= 0.3 is 0 Å². The first kappa shape index (κ1) is 15.6. The molecule has 2 atom stereocenters. The number of hydrazine groups is 1. The van der Waals surface area contributed by atoms with E-state index in [1.807, 2.05) is 0 Å². The van der Waals surface area contributed by atoms with E-state index in [1.165, 1.54) is 57.8 Å². The van der Waals surface area contributed by atoms with Gasteiger partial charge < -0.3 is 5.32 Å². The number of aliphatic imine (C=N–C) groups is 1. The minimum atomic E-state index is 0.436. The third-order valence-electron chi connectivity index (χ3n) is 5.02. The second kappa shape index (κ2) is 7.87. The highest BCUT2D eigenvalue weighted by Gasteiger charge is 2.27. The molecule has 0 aromatic heterocycles. The monoisotopic (exact) mass is 280 g/mol. The molecule has 2 unspecified atom stereocenters. The van der Waals surface area contributed by atoms with Crippen LogP contribution in [0.5, 0.6) is 0 Å². The van der Waals surface area contributed by atoms with Crippen molar-refractivity contribution >= 4 is 5.96 Å². The van der Waals surface area contributed by atoms with Crippen LogP contribution in [0.4, 0.5) is 0 Å². The Kier molecular flexibility index (Phi) is 6.14. The average Bonchev–Trinajstić information content (AvgIpc) is 2.48. The number of guanidine groups is 1. The Morgan fingerprint density at radius 3 is 2.30 bits per heavy atom. The zero-order chi connectivity index (χ0) is 14.4. The smallest absolute Gasteiger partial charge is 0.206 e. The van der Waals surface area contributed by atoms with E-state index in [1.54, 1.807) is 0 Å². The zero-order valence-electron chi connectivity index (χ0n) is 13.2. The molecule has 0 spiro atoms. The molecule has 2 aliphatic carbocycles. The molecular weight excluding hydrogens is 248 g/mol. The minimum absolute atomic E-state index is 0.436. The number of nitrogens with two attached hydrogens (primary N) is 1. The lowest BCUT2D eigenvalue weighted by Gasteiger charge is -2.33. The van der Waals surface area contributed by atoms with Gasteiger partial charge in [0.1, 0.15) is 0 Å². The van der Waals surface area contributed by atoms with E-state index in [9.17, 15) is 0 Å². The molecule has 4 N–H and O–H groups in total. The van der Waals surface area contributed by atoms with E-state index in [0.29, 0.717) is 23.9 Å². The van der Waals surface area contributed by atoms with Gasteiger partial charge in [-0.25, -0.2) is 10.8 Å². The molecule has 2 aliphatic rings. The number of nitrogens with one attached hydrogen (secondary N) is 2. The van der Waals surface area contributed by atoms with Gasteiger partial charge in [0.05, 0.1) is 6.04 Å². The van der Waals surface area contributed by atoms with Gasteiger partial charge in [0, 0.05) is 6.04 Å². The van der Waals surface area contributed by atoms with E-state index in [-0.39, 0.29) is 0 Å². The normalized spacial score (nSPS) is 29.5. The molecule has 4 heteroatoms. The fourth-order valence-corrected chi connectivity index (χ4v) is 3.80. The maximum absolute atomic E-state index is 5.69. The van der Waals surface area contributed by atoms with Crippen LogP contribution in [0.25, 0.3) is 0 Å². The summed E-state index contributed by atoms with van der Waals surface area (Å²) in [5.74, 6) is 7.91. The molecular formula is C16H32N4. The summed E-state index contributed by atoms with van der Waals surface area (Å²) in [5.41, 5.74) is 2.80. The van der Waals surface area contributed by atoms with Crippen LogP contribution in [-0.4, -0.2) is 18.0 Å². The summed E-state index contributed by atoms with van der Waals surface area (Å²) in [5, 5.41) is 3.53. The van der Waals surface area contributed by atoms with E-state index < -0.39 is 0 Å². The Labute approximate surface area is 124 Å². The van der Waals surface area contributed by atoms with Gasteiger partial charge in [0.2, 0.25) is 5.96 Å². The van der Waals surface area contributed by atoms with Crippen molar-refractivity contribution in [1.29, 1.82) is 0 Å². The Balaban J connectivity index is 1.96. The van der Waals surface area contributed by atoms with E-state index >= 15 is 0 Å². The van der Waals surface area contributed by atoms with Crippen LogP contribution in [-0.2, 0) is 0 Å². The standard InChI is InChI=1S/C16H32N4/c1-12(2)14-10-6-7-11-15(14)19-16(20-17)18-13-8-4-3-5-9-13/h12-15H,3-11,17H2,1-2H3,(H2,18,19,20). The molecule has 4 nitrogen and oxygen atoms in total. The lowest BCUT2D eigenvalue weighted by molar-refractivity contribution is 0.240. The van der Waals surface area contributed by atoms with Gasteiger partial charge in [0.25, 0.3) is 0 Å². The molecule has 2 fully saturated rings. The highest BCUT2D eigenvalue weighted by atomic mass is 15.3. The van der Waals surface area contributed by atoms with Crippen molar-refractivity contribution in [3.63, 3.8) is 0 Å². The van der Waals surface area contributed by atoms with Crippen LogP contribution in [0.15, 0.2) is 4.99 Å². The van der Waals surface area contributed by atoms with Gasteiger partial charge in [-0.3, -0.25) is 5.43 Å². The number of hydrogen-bond acceptors (Lipinski definition) is 2. The van der Waals surface area contributed by atoms with Crippen LogP contribution in [0.2, 0.25) is 0 Å². The second-order valence-electron chi connectivity index (χ2n) is 6.86. The molecule has 0 aliphatic heterocycles. The summed E-state index contributed by atoms with van der Waals surface area (Å²) >= 11 is 0. The third-order valence-corrected chi connectivity index (χ3v) is 5.02. The van der Waals surface area contributed by atoms with Crippen molar-refractivity contribution in [3.8, 4) is 0 Å². The summed E-state index contributed by atoms with van der Waals surface area (Å²) < 4.78 is 0. The maximum Gasteiger partial charge on any atom is 0.206 e. The topological polar surface area (TPSA) is 62.4 Å². The number of rotatable bonds is 3. The molecule has 20 heavy (non-hydrogen) atoms. The summed E-state index contributed by atoms with van der Waals surface area (Å²) in [6, 6.07) is 0.991. The largest absolute Gasteiger partial charge is 0.353 e. The first-order chi connectivity index (χ1) is 9.70. The quantitative estimate of drug-likeness (QED) is 0.322. The van der Waals surface area contributed by atoms with Crippen molar-refractivity contribution in [1.82, 2.24) is 10.7 Å². The SMILES string of the molecule is CC(C)C1CCCCC1N=C(NN)NC1CCCCC1. The molecule has 0 amide bonds. The minimum Gasteiger partial charge on any atom is -0.353 e. The van der Waals surface area contributed by atoms with Crippen molar-refractivity contribution in [2.24, 2.45) is 22.7 Å². The molecule has 116 valence electrons. The number of hydrogen-bond donors (Lipinski definition) is 3. The van der Waals surface area contributed by atoms with Gasteiger partial charge in [0.15, 0.2) is 0 Å². The second-order valence-corrected chi connectivity index (χ2v) is 6.86. The van der Waals surface area contributed by atoms with Crippen molar-refractivity contribution in [3.05, 3.63) is 0 Å². The summed E-state index contributed by atoms with van der Waals surface area (Å²) in [6.07, 6.45) is 11.7. The zero-order valence-corrected chi connectivity index (χ0v) is 13.2. The van der Waals surface area contributed by atoms with Gasteiger partial charge in [-0.2, -0.15) is 0 Å². The average molecular weight is 280 g/mol. The predicted octanol–water partition coefficient (Wildman–Crippen LogP) is 2.94. The Morgan fingerprint density at radius 1 is 1.00 bits per heavy atom. The van der Waals surface area contributed by atoms with E-state index in [4.69, 9.17) is 10.8 Å². The Morgan fingerprint density at radius 2 is 1.65 bits per heavy atom. The fraction of sp³-hybridized carbons (Fsp3) is 0.938. The molecule has 0 aromatic carbocycles. The van der Waals surface area contributed by atoms with Gasteiger partial charge in [-0.1, -0.05) is 46.0 Å². The highest BCUT2D eigenvalue weighted by molar-refractivity contribution is 5.79. The molecule has 0 bridgehead atoms. The van der Waals surface area contributed by atoms with Crippen LogP contribution < -0.4 is 16.6 Å². The van der Waals surface area contributed by atoms with Crippen LogP contribution in [0.3, 0.4) is 0 Å². The lowest BCUT2D eigenvalue weighted by Crippen LogP contribution is -2.48. The highest BCUT2D eigenvalue weighted by Crippen LogP contribution is 2.32. The first-order valence-corrected chi connectivity index (χ1v) is 8.51. The summed E-state index contributed by atoms with van der Waals surface area (Å²) in [6.45, 7) is 4.64. The van der Waals surface area contributed by atoms with Crippen molar-refractivity contribution < 1.29 is 0 Å². The van der Waals surface area contributed by atoms with Crippen LogP contribution in [0, 0.1) is 11.8 Å². The summed E-state index contributed by atoms with van der Waals surface area (Å²) in [7, 11) is 0. The maximum atomic E-state index is 5.69. The fourth-order valence-electron chi connectivity index (χ4n) is 3.80. The Bertz CT molecular complexity index is 308. The van der Waals surface area contributed by atoms with E-state index in [0.717, 1.165) is 5.96 Å². The molecule has 0 radical (unpaired) electrons. The van der Waals surface area contributed by atoms with Crippen molar-refractivity contribution in [2.75, 3.05) is 0 Å². The molecule has 2 rings (SSSR count). The number of nitrogens with zero attached hydrogens (tertiary/aromatic N) is 1. The summed E-state index contributed by atoms with van der Waals surface area (Å²) in [4.78, 5) is 4.92. The lowest BCUT2D eigenvalue weighted by atomic mass is 9.78. The third kappa shape index (κ3) is 4.37. The van der Waals surface area contributed by atoms with Gasteiger partial charge in [-0.15, -0.1) is 0 Å². The molecule has 0 heterocycles. The predicted molar refractivity (Wildman–Crippen MR) is 85.4 cm³/mol. The van der Waals surface area contributed by atoms with Crippen molar-refractivity contribution in [2.45, 2.75) is 83.7 Å².